The molecule has 2 rings (SSSR count). The third kappa shape index (κ3) is 0.985. The van der Waals surface area contributed by atoms with Crippen LogP contribution in [-0.4, -0.2) is 6.54 Å². The first kappa shape index (κ1) is 6.65. The van der Waals surface area contributed by atoms with Crippen LogP contribution in [0.15, 0.2) is 18.3 Å². The molecule has 0 saturated carbocycles. The van der Waals surface area contributed by atoms with Crippen molar-refractivity contribution in [2.24, 2.45) is 0 Å². The van der Waals surface area contributed by atoms with Gasteiger partial charge in [-0.2, -0.15) is 5.43 Å². The van der Waals surface area contributed by atoms with Crippen LogP contribution in [0.4, 0.5) is 0 Å². The Bertz CT molecular complexity index is 281. The number of aryl methyl sites for hydroxylation is 1. The minimum Gasteiger partial charge on any atom is -0.192 e. The van der Waals surface area contributed by atoms with E-state index in [1.54, 1.807) is 0 Å². The normalized spacial score (nSPS) is 21.1. The van der Waals surface area contributed by atoms with E-state index in [0.29, 0.717) is 5.92 Å². The maximum Gasteiger partial charge on any atom is 0.216 e. The highest BCUT2D eigenvalue weighted by molar-refractivity contribution is 5.15. The van der Waals surface area contributed by atoms with Crippen molar-refractivity contribution in [2.75, 3.05) is 12.0 Å². The Morgan fingerprint density at radius 1 is 1.64 bits per heavy atom. The van der Waals surface area contributed by atoms with Gasteiger partial charge < -0.3 is 0 Å². The Morgan fingerprint density at radius 2 is 2.45 bits per heavy atom. The van der Waals surface area contributed by atoms with Gasteiger partial charge in [0.05, 0.1) is 12.5 Å². The highest BCUT2D eigenvalue weighted by Gasteiger charge is 2.25. The molecule has 0 saturated heterocycles. The van der Waals surface area contributed by atoms with E-state index in [9.17, 15) is 0 Å². The van der Waals surface area contributed by atoms with Gasteiger partial charge in [0.1, 0.15) is 0 Å². The lowest BCUT2D eigenvalue weighted by molar-refractivity contribution is -0.646. The molecule has 0 aliphatic carbocycles. The van der Waals surface area contributed by atoms with Crippen LogP contribution in [0.2, 0.25) is 0 Å². The fraction of sp³-hybridized carbons (Fsp3) is 0.444. The van der Waals surface area contributed by atoms with Gasteiger partial charge in [-0.3, -0.25) is 0 Å². The van der Waals surface area contributed by atoms with Crippen LogP contribution in [0.5, 0.6) is 0 Å². The number of pyridine rings is 1. The molecule has 2 heterocycles. The van der Waals surface area contributed by atoms with Crippen LogP contribution >= 0.6 is 0 Å². The zero-order chi connectivity index (χ0) is 7.84. The number of aromatic nitrogens is 1. The molecule has 0 amide bonds. The summed E-state index contributed by atoms with van der Waals surface area (Å²) in [6.45, 7) is 5.43. The van der Waals surface area contributed by atoms with Gasteiger partial charge in [-0.05, 0) is 12.5 Å². The Labute approximate surface area is 66.8 Å². The van der Waals surface area contributed by atoms with Gasteiger partial charge in [0.15, 0.2) is 6.20 Å². The maximum absolute atomic E-state index is 3.29. The summed E-state index contributed by atoms with van der Waals surface area (Å²) in [7, 11) is 0. The molecular weight excluding hydrogens is 136 g/mol. The summed E-state index contributed by atoms with van der Waals surface area (Å²) in [4.78, 5) is 0. The lowest BCUT2D eigenvalue weighted by Crippen LogP contribution is -2.41. The van der Waals surface area contributed by atoms with Gasteiger partial charge in [-0.25, -0.2) is 0 Å². The summed E-state index contributed by atoms with van der Waals surface area (Å²) in [5.41, 5.74) is 6.03. The van der Waals surface area contributed by atoms with E-state index in [4.69, 9.17) is 0 Å². The van der Waals surface area contributed by atoms with Crippen LogP contribution in [-0.2, 0) is 0 Å². The van der Waals surface area contributed by atoms with E-state index in [-0.39, 0.29) is 0 Å². The highest BCUT2D eigenvalue weighted by atomic mass is 15.4. The zero-order valence-electron chi connectivity index (χ0n) is 6.96. The van der Waals surface area contributed by atoms with Crippen LogP contribution < -0.4 is 10.1 Å². The van der Waals surface area contributed by atoms with Crippen molar-refractivity contribution in [3.05, 3.63) is 29.6 Å². The Kier molecular flexibility index (Phi) is 1.34. The van der Waals surface area contributed by atoms with Crippen molar-refractivity contribution in [1.29, 1.82) is 0 Å². The second-order valence-electron chi connectivity index (χ2n) is 3.26. The molecule has 0 aromatic carbocycles. The number of rotatable bonds is 0. The molecular formula is C9H13N2+. The first-order valence-corrected chi connectivity index (χ1v) is 4.03. The Hall–Kier alpha value is -1.05. The van der Waals surface area contributed by atoms with Gasteiger partial charge in [0.2, 0.25) is 5.69 Å². The molecule has 1 aliphatic heterocycles. The molecule has 1 unspecified atom stereocenters. The summed E-state index contributed by atoms with van der Waals surface area (Å²) in [5, 5.41) is 0. The van der Waals surface area contributed by atoms with Gasteiger partial charge in [0.25, 0.3) is 0 Å². The molecule has 1 atom stereocenters. The maximum atomic E-state index is 3.29. The van der Waals surface area contributed by atoms with E-state index in [2.05, 4.69) is 42.3 Å². The second-order valence-corrected chi connectivity index (χ2v) is 3.26. The predicted octanol–water partition coefficient (Wildman–Crippen LogP) is 0.943. The third-order valence-electron chi connectivity index (χ3n) is 2.21. The summed E-state index contributed by atoms with van der Waals surface area (Å²) in [5.74, 6) is 0.648. The molecule has 0 fully saturated rings. The van der Waals surface area contributed by atoms with Crippen molar-refractivity contribution in [3.8, 4) is 0 Å². The molecule has 0 bridgehead atoms. The van der Waals surface area contributed by atoms with E-state index < -0.39 is 0 Å². The lowest BCUT2D eigenvalue weighted by atomic mass is 10.1. The van der Waals surface area contributed by atoms with Gasteiger partial charge in [-0.1, -0.05) is 11.6 Å². The largest absolute Gasteiger partial charge is 0.216 e. The second kappa shape index (κ2) is 2.22. The Morgan fingerprint density at radius 3 is 3.27 bits per heavy atom. The minimum absolute atomic E-state index is 0.648. The minimum atomic E-state index is 0.648. The predicted molar refractivity (Wildman–Crippen MR) is 44.0 cm³/mol. The summed E-state index contributed by atoms with van der Waals surface area (Å²) < 4.78 is 2.11. The summed E-state index contributed by atoms with van der Waals surface area (Å²) in [6.07, 6.45) is 2.09. The average Bonchev–Trinajstić information content (AvgIpc) is 2.33. The third-order valence-corrected chi connectivity index (χ3v) is 2.21. The number of fused-ring (bicyclic) bond motifs is 1. The number of nitrogens with one attached hydrogen (secondary N) is 1. The quantitative estimate of drug-likeness (QED) is 0.543. The molecule has 1 aromatic rings. The molecule has 58 valence electrons. The van der Waals surface area contributed by atoms with Crippen molar-refractivity contribution in [2.45, 2.75) is 19.8 Å². The molecule has 2 heteroatoms. The molecule has 1 aromatic heterocycles. The zero-order valence-corrected chi connectivity index (χ0v) is 6.96. The molecule has 0 radical (unpaired) electrons. The van der Waals surface area contributed by atoms with E-state index >= 15 is 0 Å². The van der Waals surface area contributed by atoms with Crippen LogP contribution in [0.3, 0.4) is 0 Å². The van der Waals surface area contributed by atoms with Gasteiger partial charge in [-0.15, -0.1) is 0 Å². The SMILES string of the molecule is Cc1cc[n+]2c(c1)C(C)CN2. The summed E-state index contributed by atoms with van der Waals surface area (Å²) >= 11 is 0. The number of hydrogen-bond acceptors (Lipinski definition) is 1. The summed E-state index contributed by atoms with van der Waals surface area (Å²) in [6, 6.07) is 4.36. The van der Waals surface area contributed by atoms with Crippen molar-refractivity contribution in [3.63, 3.8) is 0 Å². The van der Waals surface area contributed by atoms with Crippen LogP contribution in [0.25, 0.3) is 0 Å². The molecule has 0 spiro atoms. The fourth-order valence-corrected chi connectivity index (χ4v) is 1.49. The molecule has 2 nitrogen and oxygen atoms in total. The average molecular weight is 149 g/mol. The first-order chi connectivity index (χ1) is 5.27. The van der Waals surface area contributed by atoms with Crippen molar-refractivity contribution in [1.82, 2.24) is 0 Å². The van der Waals surface area contributed by atoms with E-state index in [1.807, 2.05) is 0 Å². The van der Waals surface area contributed by atoms with Crippen LogP contribution in [0.1, 0.15) is 24.1 Å². The van der Waals surface area contributed by atoms with Gasteiger partial charge >= 0.3 is 0 Å². The van der Waals surface area contributed by atoms with Crippen LogP contribution in [0, 0.1) is 6.92 Å². The smallest absolute Gasteiger partial charge is 0.192 e. The first-order valence-electron chi connectivity index (χ1n) is 4.03. The molecule has 11 heavy (non-hydrogen) atoms. The topological polar surface area (TPSA) is 15.9 Å². The molecule has 1 aliphatic rings. The Balaban J connectivity index is 2.52. The molecule has 1 N–H and O–H groups in total. The standard InChI is InChI=1S/C9H13N2/c1-7-3-4-11-9(5-7)8(2)6-10-11/h3-5,8,10H,6H2,1-2H3/q+1. The number of hydrogen-bond donors (Lipinski definition) is 1. The van der Waals surface area contributed by atoms with Crippen molar-refractivity contribution < 1.29 is 4.68 Å². The van der Waals surface area contributed by atoms with Gasteiger partial charge in [0, 0.05) is 12.1 Å². The van der Waals surface area contributed by atoms with Crippen molar-refractivity contribution >= 4 is 0 Å². The lowest BCUT2D eigenvalue weighted by Gasteiger charge is -1.94. The monoisotopic (exact) mass is 149 g/mol. The highest BCUT2D eigenvalue weighted by Crippen LogP contribution is 2.14. The van der Waals surface area contributed by atoms with E-state index in [0.717, 1.165) is 6.54 Å². The van der Waals surface area contributed by atoms with E-state index in [1.165, 1.54) is 11.3 Å². The number of nitrogens with zero attached hydrogens (tertiary/aromatic N) is 1. The fourth-order valence-electron chi connectivity index (χ4n) is 1.49.